The molecule has 3 N–H and O–H groups in total. The summed E-state index contributed by atoms with van der Waals surface area (Å²) in [5.74, 6) is 0.0999. The van der Waals surface area contributed by atoms with Gasteiger partial charge in [0.2, 0.25) is 0 Å². The van der Waals surface area contributed by atoms with Gasteiger partial charge in [-0.05, 0) is 24.6 Å². The number of nitrogens with two attached hydrogens (primary N) is 1. The number of carbonyl (C=O) groups excluding carboxylic acids is 1. The topological polar surface area (TPSA) is 92.5 Å². The summed E-state index contributed by atoms with van der Waals surface area (Å²) >= 11 is 0. The molecule has 0 spiro atoms. The maximum absolute atomic E-state index is 11.9. The third-order valence-corrected chi connectivity index (χ3v) is 5.11. The van der Waals surface area contributed by atoms with Crippen molar-refractivity contribution in [1.29, 1.82) is 0 Å². The maximum atomic E-state index is 11.9. The first kappa shape index (κ1) is 14.6. The van der Waals surface area contributed by atoms with Gasteiger partial charge in [-0.2, -0.15) is 0 Å². The van der Waals surface area contributed by atoms with Crippen LogP contribution in [0.4, 0.5) is 11.4 Å². The smallest absolute Gasteiger partial charge is 0.253 e. The van der Waals surface area contributed by atoms with Gasteiger partial charge in [-0.25, -0.2) is 8.42 Å². The fraction of sp³-hybridized carbons (Fsp3) is 0.462. The summed E-state index contributed by atoms with van der Waals surface area (Å²) in [4.78, 5) is 13.8. The highest BCUT2D eigenvalue weighted by Crippen LogP contribution is 2.25. The van der Waals surface area contributed by atoms with Crippen LogP contribution in [0.25, 0.3) is 0 Å². The van der Waals surface area contributed by atoms with Gasteiger partial charge in [0.25, 0.3) is 5.91 Å². The third kappa shape index (κ3) is 3.22. The Morgan fingerprint density at radius 1 is 1.30 bits per heavy atom. The highest BCUT2D eigenvalue weighted by molar-refractivity contribution is 7.91. The lowest BCUT2D eigenvalue weighted by Gasteiger charge is -2.24. The van der Waals surface area contributed by atoms with Crippen LogP contribution in [-0.2, 0) is 9.84 Å². The van der Waals surface area contributed by atoms with Crippen LogP contribution in [0, 0.1) is 0 Å². The molecule has 1 amide bonds. The van der Waals surface area contributed by atoms with E-state index in [1.165, 1.54) is 0 Å². The van der Waals surface area contributed by atoms with Gasteiger partial charge < -0.3 is 16.0 Å². The van der Waals surface area contributed by atoms with Crippen molar-refractivity contribution in [2.75, 3.05) is 42.3 Å². The number of benzene rings is 1. The Morgan fingerprint density at radius 2 is 2.05 bits per heavy atom. The lowest BCUT2D eigenvalue weighted by Crippen LogP contribution is -2.30. The summed E-state index contributed by atoms with van der Waals surface area (Å²) in [6.45, 7) is 0.989. The van der Waals surface area contributed by atoms with Crippen molar-refractivity contribution < 1.29 is 13.2 Å². The van der Waals surface area contributed by atoms with E-state index in [1.54, 1.807) is 25.2 Å². The molecule has 0 unspecified atom stereocenters. The molecular formula is C13H19N3O3S. The molecule has 1 aromatic rings. The summed E-state index contributed by atoms with van der Waals surface area (Å²) in [6, 6.07) is 5.06. The Morgan fingerprint density at radius 3 is 2.75 bits per heavy atom. The molecule has 2 rings (SSSR count). The number of hydrogen-bond acceptors (Lipinski definition) is 5. The number of hydrogen-bond donors (Lipinski definition) is 2. The summed E-state index contributed by atoms with van der Waals surface area (Å²) < 4.78 is 23.3. The minimum absolute atomic E-state index is 0.106. The first-order valence-electron chi connectivity index (χ1n) is 6.50. The van der Waals surface area contributed by atoms with Crippen LogP contribution in [0.1, 0.15) is 16.8 Å². The second-order valence-corrected chi connectivity index (χ2v) is 7.15. The fourth-order valence-electron chi connectivity index (χ4n) is 2.32. The van der Waals surface area contributed by atoms with E-state index in [1.807, 2.05) is 4.90 Å². The van der Waals surface area contributed by atoms with Crippen LogP contribution in [0.5, 0.6) is 0 Å². The van der Waals surface area contributed by atoms with Gasteiger partial charge in [0.15, 0.2) is 9.84 Å². The molecule has 0 bridgehead atoms. The lowest BCUT2D eigenvalue weighted by atomic mass is 10.1. The molecular weight excluding hydrogens is 278 g/mol. The maximum Gasteiger partial charge on any atom is 0.253 e. The van der Waals surface area contributed by atoms with E-state index < -0.39 is 9.84 Å². The summed E-state index contributed by atoms with van der Waals surface area (Å²) in [7, 11) is -1.42. The molecule has 110 valence electrons. The van der Waals surface area contributed by atoms with E-state index in [2.05, 4.69) is 5.32 Å². The largest absolute Gasteiger partial charge is 0.399 e. The van der Waals surface area contributed by atoms with Crippen LogP contribution in [0.2, 0.25) is 0 Å². The predicted octanol–water partition coefficient (Wildman–Crippen LogP) is 0.253. The molecule has 0 saturated carbocycles. The molecule has 1 fully saturated rings. The van der Waals surface area contributed by atoms with Crippen molar-refractivity contribution in [3.8, 4) is 0 Å². The second-order valence-electron chi connectivity index (χ2n) is 4.85. The average Bonchev–Trinajstić information content (AvgIpc) is 2.58. The zero-order chi connectivity index (χ0) is 14.8. The monoisotopic (exact) mass is 297 g/mol. The Hall–Kier alpha value is -1.76. The number of nitrogens with zero attached hydrogens (tertiary/aromatic N) is 1. The van der Waals surface area contributed by atoms with Crippen LogP contribution in [-0.4, -0.2) is 46.0 Å². The molecule has 0 radical (unpaired) electrons. The van der Waals surface area contributed by atoms with Gasteiger partial charge in [-0.15, -0.1) is 0 Å². The minimum Gasteiger partial charge on any atom is -0.399 e. The Labute approximate surface area is 118 Å². The molecule has 0 aliphatic carbocycles. The quantitative estimate of drug-likeness (QED) is 0.764. The summed E-state index contributed by atoms with van der Waals surface area (Å²) in [5, 5.41) is 2.59. The summed E-state index contributed by atoms with van der Waals surface area (Å²) in [6.07, 6.45) is 0.560. The standard InChI is InChI=1S/C13H19N3O3S/c1-15-13(17)11-4-3-10(14)9-12(11)16-5-2-7-20(18,19)8-6-16/h3-4,9H,2,5-8,14H2,1H3,(H,15,17). The van der Waals surface area contributed by atoms with E-state index >= 15 is 0 Å². The number of anilines is 2. The van der Waals surface area contributed by atoms with E-state index in [0.29, 0.717) is 36.4 Å². The van der Waals surface area contributed by atoms with E-state index in [0.717, 1.165) is 0 Å². The number of rotatable bonds is 2. The van der Waals surface area contributed by atoms with Crippen molar-refractivity contribution >= 4 is 27.1 Å². The van der Waals surface area contributed by atoms with Gasteiger partial charge in [0.1, 0.15) is 0 Å². The highest BCUT2D eigenvalue weighted by Gasteiger charge is 2.22. The molecule has 7 heteroatoms. The summed E-state index contributed by atoms with van der Waals surface area (Å²) in [5.41, 5.74) is 7.56. The molecule has 0 atom stereocenters. The van der Waals surface area contributed by atoms with Gasteiger partial charge in [0.05, 0.1) is 22.8 Å². The minimum atomic E-state index is -2.98. The first-order valence-corrected chi connectivity index (χ1v) is 8.32. The second kappa shape index (κ2) is 5.70. The van der Waals surface area contributed by atoms with Crippen molar-refractivity contribution in [3.05, 3.63) is 23.8 Å². The number of amides is 1. The van der Waals surface area contributed by atoms with Crippen molar-refractivity contribution in [1.82, 2.24) is 5.32 Å². The Balaban J connectivity index is 2.36. The average molecular weight is 297 g/mol. The van der Waals surface area contributed by atoms with Crippen LogP contribution in [0.15, 0.2) is 18.2 Å². The molecule has 20 heavy (non-hydrogen) atoms. The molecule has 0 aromatic heterocycles. The number of carbonyl (C=O) groups is 1. The van der Waals surface area contributed by atoms with E-state index in [9.17, 15) is 13.2 Å². The zero-order valence-corrected chi connectivity index (χ0v) is 12.2. The predicted molar refractivity (Wildman–Crippen MR) is 79.7 cm³/mol. The normalized spacial score (nSPS) is 18.4. The zero-order valence-electron chi connectivity index (χ0n) is 11.4. The molecule has 1 saturated heterocycles. The lowest BCUT2D eigenvalue weighted by molar-refractivity contribution is 0.0963. The van der Waals surface area contributed by atoms with Crippen molar-refractivity contribution in [2.24, 2.45) is 0 Å². The third-order valence-electron chi connectivity index (χ3n) is 3.39. The van der Waals surface area contributed by atoms with Gasteiger partial charge in [-0.1, -0.05) is 0 Å². The van der Waals surface area contributed by atoms with Crippen molar-refractivity contribution in [2.45, 2.75) is 6.42 Å². The van der Waals surface area contributed by atoms with Gasteiger partial charge in [-0.3, -0.25) is 4.79 Å². The number of nitrogen functional groups attached to an aromatic ring is 1. The molecule has 1 aromatic carbocycles. The van der Waals surface area contributed by atoms with E-state index in [4.69, 9.17) is 5.73 Å². The SMILES string of the molecule is CNC(=O)c1ccc(N)cc1N1CCCS(=O)(=O)CC1. The molecule has 1 heterocycles. The van der Waals surface area contributed by atoms with Crippen LogP contribution in [0.3, 0.4) is 0 Å². The van der Waals surface area contributed by atoms with Crippen molar-refractivity contribution in [3.63, 3.8) is 0 Å². The van der Waals surface area contributed by atoms with Gasteiger partial charge in [0, 0.05) is 25.8 Å². The van der Waals surface area contributed by atoms with Crippen LogP contribution < -0.4 is 16.0 Å². The molecule has 1 aliphatic heterocycles. The molecule has 6 nitrogen and oxygen atoms in total. The van der Waals surface area contributed by atoms with Gasteiger partial charge >= 0.3 is 0 Å². The first-order chi connectivity index (χ1) is 9.43. The molecule has 1 aliphatic rings. The van der Waals surface area contributed by atoms with Crippen LogP contribution >= 0.6 is 0 Å². The fourth-order valence-corrected chi connectivity index (χ4v) is 3.59. The Kier molecular flexibility index (Phi) is 4.17. The number of sulfone groups is 1. The number of nitrogens with one attached hydrogen (secondary N) is 1. The van der Waals surface area contributed by atoms with E-state index in [-0.39, 0.29) is 17.4 Å². The highest BCUT2D eigenvalue weighted by atomic mass is 32.2. The Bertz CT molecular complexity index is 613.